The molecule has 0 saturated heterocycles. The predicted molar refractivity (Wildman–Crippen MR) is 28.4 cm³/mol. The Hall–Kier alpha value is 0.177. The topological polar surface area (TPSA) is 20.2 Å². The van der Waals surface area contributed by atoms with Crippen LogP contribution in [-0.2, 0) is 0 Å². The van der Waals surface area contributed by atoms with Crippen LogP contribution in [0.15, 0.2) is 0 Å². The van der Waals surface area contributed by atoms with E-state index in [4.69, 9.17) is 5.11 Å². The monoisotopic (exact) mass is 91.1 g/mol. The zero-order chi connectivity index (χ0) is 3.41. The van der Waals surface area contributed by atoms with E-state index in [1.54, 1.807) is 0 Å². The van der Waals surface area contributed by atoms with Crippen LogP contribution in [0.3, 0.4) is 0 Å². The van der Waals surface area contributed by atoms with Crippen LogP contribution in [0.5, 0.6) is 0 Å². The van der Waals surface area contributed by atoms with Gasteiger partial charge in [-0.3, -0.25) is 0 Å². The van der Waals surface area contributed by atoms with Crippen LogP contribution >= 0.6 is 0 Å². The molecule has 1 radical (unpaired) electrons. The summed E-state index contributed by atoms with van der Waals surface area (Å²) < 4.78 is 0. The Balaban J connectivity index is 0. The first-order valence-electron chi connectivity index (χ1n) is 1.32. The van der Waals surface area contributed by atoms with Crippen LogP contribution in [-0.4, -0.2) is 22.7 Å². The molecule has 0 fully saturated rings. The summed E-state index contributed by atoms with van der Waals surface area (Å²) in [6.45, 7) is 3.56. The molecule has 0 aliphatic carbocycles. The van der Waals surface area contributed by atoms with Gasteiger partial charge in [0.2, 0.25) is 0 Å². The van der Waals surface area contributed by atoms with E-state index in [2.05, 4.69) is 6.92 Å². The highest BCUT2D eigenvalue weighted by Crippen LogP contribution is 1.60. The zero-order valence-corrected chi connectivity index (χ0v) is 2.57. The Morgan fingerprint density at radius 3 is 1.80 bits per heavy atom. The third-order valence-corrected chi connectivity index (χ3v) is 0.158. The van der Waals surface area contributed by atoms with Crippen molar-refractivity contribution in [1.29, 1.82) is 0 Å². The summed E-state index contributed by atoms with van der Waals surface area (Å²) in [6, 6.07) is 0. The lowest BCUT2D eigenvalue weighted by molar-refractivity contribution is 0.302. The van der Waals surface area contributed by atoms with E-state index in [-0.39, 0.29) is 17.6 Å². The van der Waals surface area contributed by atoms with E-state index < -0.39 is 0 Å². The van der Waals surface area contributed by atoms with Crippen molar-refractivity contribution in [3.8, 4) is 0 Å². The maximum Gasteiger partial charge on any atom is 0.0431 e. The summed E-state index contributed by atoms with van der Waals surface area (Å²) >= 11 is 0. The fraction of sp³-hybridized carbons (Fsp3) is 0.667. The third kappa shape index (κ3) is 14.3. The lowest BCUT2D eigenvalue weighted by Crippen LogP contribution is -1.70. The van der Waals surface area contributed by atoms with E-state index >= 15 is 0 Å². The quantitative estimate of drug-likeness (QED) is 0.400. The van der Waals surface area contributed by atoms with Crippen molar-refractivity contribution in [1.82, 2.24) is 0 Å². The van der Waals surface area contributed by atoms with Gasteiger partial charge in [0.1, 0.15) is 0 Å². The molecule has 0 heterocycles. The van der Waals surface area contributed by atoms with E-state index in [1.165, 1.54) is 0 Å². The van der Waals surface area contributed by atoms with Gasteiger partial charge in [-0.15, -0.1) is 0 Å². The number of hydrogen-bond acceptors (Lipinski definition) is 1. The highest BCUT2D eigenvalue weighted by Gasteiger charge is 1.57. The van der Waals surface area contributed by atoms with Crippen LogP contribution in [0.4, 0.5) is 0 Å². The normalized spacial score (nSPS) is 6.00. The van der Waals surface area contributed by atoms with Crippen LogP contribution in [0.1, 0.15) is 6.42 Å². The van der Waals surface area contributed by atoms with Gasteiger partial charge in [0, 0.05) is 6.61 Å². The Morgan fingerprint density at radius 2 is 1.80 bits per heavy atom. The molecule has 0 aromatic carbocycles. The van der Waals surface area contributed by atoms with E-state index in [9.17, 15) is 0 Å². The molecule has 33 valence electrons. The molecule has 0 unspecified atom stereocenters. The first-order chi connectivity index (χ1) is 1.91. The maximum absolute atomic E-state index is 7.81. The van der Waals surface area contributed by atoms with E-state index in [0.29, 0.717) is 6.42 Å². The van der Waals surface area contributed by atoms with Gasteiger partial charge < -0.3 is 5.11 Å². The molecule has 0 aromatic heterocycles. The molecule has 0 atom stereocenters. The average molecular weight is 91.2 g/mol. The first kappa shape index (κ1) is 8.95. The molecule has 2 heteroatoms. The molecule has 1 nitrogen and oxygen atoms in total. The van der Waals surface area contributed by atoms with E-state index in [0.717, 1.165) is 0 Å². The summed E-state index contributed by atoms with van der Waals surface area (Å²) in [4.78, 5) is 0. The molecule has 0 bridgehead atoms. The molecule has 1 N–H and O–H groups in total. The van der Waals surface area contributed by atoms with Crippen molar-refractivity contribution in [2.45, 2.75) is 6.42 Å². The smallest absolute Gasteiger partial charge is 0.0431 e. The minimum absolute atomic E-state index is 0. The summed E-state index contributed by atoms with van der Waals surface area (Å²) in [5.74, 6) is 0. The molecule has 5 heavy (non-hydrogen) atoms. The van der Waals surface area contributed by atoms with Gasteiger partial charge in [-0.2, -0.15) is 0 Å². The third-order valence-electron chi connectivity index (χ3n) is 0.158. The van der Waals surface area contributed by atoms with Crippen LogP contribution in [0.25, 0.3) is 0 Å². The zero-order valence-electron chi connectivity index (χ0n) is 2.57. The fourth-order valence-corrected chi connectivity index (χ4v) is 0. The molecule has 0 aliphatic heterocycles. The van der Waals surface area contributed by atoms with Gasteiger partial charge in [0.15, 0.2) is 0 Å². The second kappa shape index (κ2) is 8.90. The van der Waals surface area contributed by atoms with Gasteiger partial charge in [0.05, 0.1) is 0 Å². The summed E-state index contributed by atoms with van der Waals surface area (Å²) in [5, 5.41) is 7.81. The molecule has 0 rings (SSSR count). The van der Waals surface area contributed by atoms with Gasteiger partial charge in [0.25, 0.3) is 0 Å². The van der Waals surface area contributed by atoms with Crippen molar-refractivity contribution in [2.24, 2.45) is 0 Å². The number of rotatable bonds is 1. The number of aliphatic hydroxyl groups excluding tert-OH is 1. The van der Waals surface area contributed by atoms with Crippen LogP contribution in [0, 0.1) is 6.92 Å². The van der Waals surface area contributed by atoms with Gasteiger partial charge in [-0.25, -0.2) is 0 Å². The molecular formula is C3H11OSi. The Labute approximate surface area is 37.0 Å². The Bertz CT molecular complexity index is 8.85. The number of hydrogen-bond donors (Lipinski definition) is 1. The van der Waals surface area contributed by atoms with Crippen molar-refractivity contribution in [2.75, 3.05) is 6.61 Å². The average Bonchev–Trinajstić information content (AvgIpc) is 1.37. The minimum atomic E-state index is 0. The highest BCUT2D eigenvalue weighted by atomic mass is 28.1. The Kier molecular flexibility index (Phi) is 15.9. The van der Waals surface area contributed by atoms with Gasteiger partial charge in [-0.1, -0.05) is 6.92 Å². The maximum atomic E-state index is 7.81. The minimum Gasteiger partial charge on any atom is -0.396 e. The van der Waals surface area contributed by atoms with Crippen molar-refractivity contribution in [3.05, 3.63) is 6.92 Å². The lowest BCUT2D eigenvalue weighted by atomic mass is 10.5. The standard InChI is InChI=1S/C3H7O.H4Si/c1-2-3-4;/h4H,1-3H2;1H4. The van der Waals surface area contributed by atoms with Gasteiger partial charge in [-0.05, 0) is 17.4 Å². The predicted octanol–water partition coefficient (Wildman–Crippen LogP) is -1.25. The van der Waals surface area contributed by atoms with Crippen LogP contribution in [0.2, 0.25) is 0 Å². The van der Waals surface area contributed by atoms with Crippen LogP contribution < -0.4 is 0 Å². The summed E-state index contributed by atoms with van der Waals surface area (Å²) in [5.41, 5.74) is 0. The molecule has 0 spiro atoms. The molecular weight excluding hydrogens is 80.1 g/mol. The molecule has 0 aliphatic rings. The first-order valence-corrected chi connectivity index (χ1v) is 1.32. The lowest BCUT2D eigenvalue weighted by Gasteiger charge is -1.69. The largest absolute Gasteiger partial charge is 0.396 e. The second-order valence-electron chi connectivity index (χ2n) is 0.577. The highest BCUT2D eigenvalue weighted by molar-refractivity contribution is 5.75. The van der Waals surface area contributed by atoms with Crippen molar-refractivity contribution in [3.63, 3.8) is 0 Å². The SMILES string of the molecule is [CH2]CCO.[SiH4]. The molecule has 0 saturated carbocycles. The Morgan fingerprint density at radius 1 is 1.60 bits per heavy atom. The second-order valence-corrected chi connectivity index (χ2v) is 0.577. The number of aliphatic hydroxyl groups is 1. The van der Waals surface area contributed by atoms with Crippen molar-refractivity contribution < 1.29 is 5.11 Å². The van der Waals surface area contributed by atoms with Crippen molar-refractivity contribution >= 4 is 11.0 Å². The van der Waals surface area contributed by atoms with E-state index in [1.807, 2.05) is 0 Å². The molecule has 0 aromatic rings. The molecule has 0 amide bonds. The fourth-order valence-electron chi connectivity index (χ4n) is 0. The summed E-state index contributed by atoms with van der Waals surface area (Å²) in [6.07, 6.45) is 0.625. The van der Waals surface area contributed by atoms with Gasteiger partial charge >= 0.3 is 0 Å². The summed E-state index contributed by atoms with van der Waals surface area (Å²) in [7, 11) is 0.